The molecule has 0 heterocycles. The van der Waals surface area contributed by atoms with Crippen molar-refractivity contribution in [2.24, 2.45) is 5.41 Å². The van der Waals surface area contributed by atoms with Crippen LogP contribution in [0.4, 0.5) is 0 Å². The number of ether oxygens (including phenoxy) is 2. The van der Waals surface area contributed by atoms with Crippen molar-refractivity contribution in [2.45, 2.75) is 39.3 Å². The fourth-order valence-corrected chi connectivity index (χ4v) is 2.42. The molecule has 0 bridgehead atoms. The van der Waals surface area contributed by atoms with E-state index in [1.165, 1.54) is 0 Å². The summed E-state index contributed by atoms with van der Waals surface area (Å²) in [5.74, 6) is 0.968. The molecule has 2 unspecified atom stereocenters. The van der Waals surface area contributed by atoms with Crippen LogP contribution in [0.25, 0.3) is 0 Å². The lowest BCUT2D eigenvalue weighted by atomic mass is 9.64. The summed E-state index contributed by atoms with van der Waals surface area (Å²) in [6.45, 7) is 5.77. The Morgan fingerprint density at radius 3 is 2.71 bits per heavy atom. The highest BCUT2D eigenvalue weighted by Crippen LogP contribution is 2.40. The fourth-order valence-electron chi connectivity index (χ4n) is 2.42. The minimum atomic E-state index is -0.360. The molecule has 2 N–H and O–H groups in total. The second kappa shape index (κ2) is 5.93. The number of carbonyl (C=O) groups excluding carboxylic acids is 1. The molecule has 1 saturated carbocycles. The molecule has 1 fully saturated rings. The van der Waals surface area contributed by atoms with E-state index in [-0.39, 0.29) is 30.1 Å². The van der Waals surface area contributed by atoms with Crippen LogP contribution < -0.4 is 14.8 Å². The normalized spacial score (nSPS) is 23.1. The second-order valence-electron chi connectivity index (χ2n) is 6.14. The zero-order chi connectivity index (χ0) is 15.6. The highest BCUT2D eigenvalue weighted by Gasteiger charge is 2.47. The van der Waals surface area contributed by atoms with Gasteiger partial charge in [-0.2, -0.15) is 0 Å². The van der Waals surface area contributed by atoms with Gasteiger partial charge in [-0.15, -0.1) is 0 Å². The molecule has 1 amide bonds. The number of carbonyl (C=O) groups is 1. The van der Waals surface area contributed by atoms with Gasteiger partial charge in [-0.25, -0.2) is 0 Å². The number of hydrogen-bond donors (Lipinski definition) is 2. The quantitative estimate of drug-likeness (QED) is 0.866. The topological polar surface area (TPSA) is 67.8 Å². The number of nitrogens with one attached hydrogen (secondary N) is 1. The molecule has 0 aromatic heterocycles. The van der Waals surface area contributed by atoms with Gasteiger partial charge >= 0.3 is 0 Å². The van der Waals surface area contributed by atoms with E-state index >= 15 is 0 Å². The number of aliphatic hydroxyl groups excluding tert-OH is 1. The van der Waals surface area contributed by atoms with Crippen molar-refractivity contribution in [1.82, 2.24) is 5.32 Å². The van der Waals surface area contributed by atoms with E-state index < -0.39 is 0 Å². The van der Waals surface area contributed by atoms with Crippen molar-refractivity contribution < 1.29 is 19.4 Å². The highest BCUT2D eigenvalue weighted by atomic mass is 16.5. The third kappa shape index (κ3) is 3.29. The van der Waals surface area contributed by atoms with Crippen molar-refractivity contribution in [3.63, 3.8) is 0 Å². The second-order valence-corrected chi connectivity index (χ2v) is 6.14. The largest absolute Gasteiger partial charge is 0.493 e. The van der Waals surface area contributed by atoms with Gasteiger partial charge in [0.25, 0.3) is 5.91 Å². The molecule has 21 heavy (non-hydrogen) atoms. The Morgan fingerprint density at radius 2 is 2.14 bits per heavy atom. The Balaban J connectivity index is 1.87. The van der Waals surface area contributed by atoms with Gasteiger partial charge in [0, 0.05) is 11.5 Å². The van der Waals surface area contributed by atoms with E-state index in [4.69, 9.17) is 9.47 Å². The van der Waals surface area contributed by atoms with Crippen molar-refractivity contribution in [3.8, 4) is 11.5 Å². The molecule has 1 aliphatic rings. The maximum atomic E-state index is 11.9. The van der Waals surface area contributed by atoms with Crippen molar-refractivity contribution in [3.05, 3.63) is 23.8 Å². The van der Waals surface area contributed by atoms with Crippen LogP contribution in [0.5, 0.6) is 11.5 Å². The van der Waals surface area contributed by atoms with E-state index in [1.54, 1.807) is 13.2 Å². The van der Waals surface area contributed by atoms with Gasteiger partial charge in [-0.3, -0.25) is 4.79 Å². The number of aryl methyl sites for hydroxylation is 1. The zero-order valence-electron chi connectivity index (χ0n) is 13.0. The van der Waals surface area contributed by atoms with Crippen LogP contribution in [0, 0.1) is 12.3 Å². The van der Waals surface area contributed by atoms with Crippen LogP contribution in [0.3, 0.4) is 0 Å². The number of hydrogen-bond acceptors (Lipinski definition) is 4. The van der Waals surface area contributed by atoms with Gasteiger partial charge in [-0.1, -0.05) is 19.9 Å². The minimum Gasteiger partial charge on any atom is -0.493 e. The third-order valence-electron chi connectivity index (χ3n) is 4.23. The Labute approximate surface area is 125 Å². The Kier molecular flexibility index (Phi) is 4.42. The van der Waals surface area contributed by atoms with Gasteiger partial charge in [0.15, 0.2) is 18.1 Å². The molecule has 0 aliphatic heterocycles. The number of benzene rings is 1. The third-order valence-corrected chi connectivity index (χ3v) is 4.23. The molecular formula is C16H23NO4. The first-order valence-corrected chi connectivity index (χ1v) is 7.09. The average Bonchev–Trinajstić information content (AvgIpc) is 2.45. The minimum absolute atomic E-state index is 0.0106. The molecule has 1 aromatic carbocycles. The molecule has 2 atom stereocenters. The van der Waals surface area contributed by atoms with Gasteiger partial charge in [-0.05, 0) is 31.0 Å². The Morgan fingerprint density at radius 1 is 1.43 bits per heavy atom. The first-order valence-electron chi connectivity index (χ1n) is 7.09. The monoisotopic (exact) mass is 293 g/mol. The van der Waals surface area contributed by atoms with Crippen LogP contribution in [0.1, 0.15) is 25.8 Å². The van der Waals surface area contributed by atoms with Crippen molar-refractivity contribution >= 4 is 5.91 Å². The molecule has 0 saturated heterocycles. The molecular weight excluding hydrogens is 270 g/mol. The van der Waals surface area contributed by atoms with Crippen LogP contribution >= 0.6 is 0 Å². The standard InChI is InChI=1S/C16H23NO4/c1-10-5-6-11(12(7-10)20-4)21-9-15(19)17-13-8-14(18)16(13,2)3/h5-7,13-14,18H,8-9H2,1-4H3,(H,17,19). The zero-order valence-corrected chi connectivity index (χ0v) is 13.0. The van der Waals surface area contributed by atoms with E-state index in [0.717, 1.165) is 5.56 Å². The maximum Gasteiger partial charge on any atom is 0.258 e. The number of aliphatic hydroxyl groups is 1. The summed E-state index contributed by atoms with van der Waals surface area (Å²) in [6, 6.07) is 5.54. The summed E-state index contributed by atoms with van der Waals surface area (Å²) in [7, 11) is 1.57. The summed E-state index contributed by atoms with van der Waals surface area (Å²) in [6.07, 6.45) is 0.230. The van der Waals surface area contributed by atoms with E-state index in [2.05, 4.69) is 5.32 Å². The first kappa shape index (κ1) is 15.6. The molecule has 0 spiro atoms. The summed E-state index contributed by atoms with van der Waals surface area (Å²) in [5.41, 5.74) is 0.783. The SMILES string of the molecule is COc1cc(C)ccc1OCC(=O)NC1CC(O)C1(C)C. The predicted molar refractivity (Wildman–Crippen MR) is 79.6 cm³/mol. The van der Waals surface area contributed by atoms with Gasteiger partial charge in [0.1, 0.15) is 0 Å². The molecule has 1 aromatic rings. The lowest BCUT2D eigenvalue weighted by Gasteiger charge is -2.49. The van der Waals surface area contributed by atoms with Crippen molar-refractivity contribution in [1.29, 1.82) is 0 Å². The maximum absolute atomic E-state index is 11.9. The van der Waals surface area contributed by atoms with Gasteiger partial charge < -0.3 is 19.9 Å². The van der Waals surface area contributed by atoms with Crippen molar-refractivity contribution in [2.75, 3.05) is 13.7 Å². The fraction of sp³-hybridized carbons (Fsp3) is 0.562. The van der Waals surface area contributed by atoms with Crippen LogP contribution in [0.15, 0.2) is 18.2 Å². The summed E-state index contributed by atoms with van der Waals surface area (Å²) < 4.78 is 10.7. The van der Waals surface area contributed by atoms with Gasteiger partial charge in [0.2, 0.25) is 0 Å². The molecule has 2 rings (SSSR count). The smallest absolute Gasteiger partial charge is 0.258 e. The highest BCUT2D eigenvalue weighted by molar-refractivity contribution is 5.78. The Bertz CT molecular complexity index is 527. The molecule has 1 aliphatic carbocycles. The van der Waals surface area contributed by atoms with Crippen LogP contribution in [-0.4, -0.2) is 36.9 Å². The van der Waals surface area contributed by atoms with E-state index in [9.17, 15) is 9.90 Å². The lowest BCUT2D eigenvalue weighted by molar-refractivity contribution is -0.131. The average molecular weight is 293 g/mol. The molecule has 116 valence electrons. The number of methoxy groups -OCH3 is 1. The Hall–Kier alpha value is -1.75. The summed E-state index contributed by atoms with van der Waals surface area (Å²) in [5, 5.41) is 12.6. The molecule has 5 heteroatoms. The van der Waals surface area contributed by atoms with Crippen LogP contribution in [0.2, 0.25) is 0 Å². The van der Waals surface area contributed by atoms with E-state index in [1.807, 2.05) is 32.9 Å². The lowest BCUT2D eigenvalue weighted by Crippen LogP contribution is -2.61. The number of amides is 1. The van der Waals surface area contributed by atoms with Crippen LogP contribution in [-0.2, 0) is 4.79 Å². The first-order chi connectivity index (χ1) is 9.84. The van der Waals surface area contributed by atoms with E-state index in [0.29, 0.717) is 17.9 Å². The van der Waals surface area contributed by atoms with Gasteiger partial charge in [0.05, 0.1) is 13.2 Å². The molecule has 0 radical (unpaired) electrons. The number of rotatable bonds is 5. The predicted octanol–water partition coefficient (Wildman–Crippen LogP) is 1.66. The molecule has 5 nitrogen and oxygen atoms in total. The summed E-state index contributed by atoms with van der Waals surface area (Å²) >= 11 is 0. The summed E-state index contributed by atoms with van der Waals surface area (Å²) in [4.78, 5) is 11.9.